The number of rotatable bonds is 4. The Bertz CT molecular complexity index is 618. The van der Waals surface area contributed by atoms with E-state index >= 15 is 0 Å². The van der Waals surface area contributed by atoms with Crippen LogP contribution in [-0.4, -0.2) is 28.4 Å². The average molecular weight is 350 g/mol. The van der Waals surface area contributed by atoms with Crippen molar-refractivity contribution < 1.29 is 9.53 Å². The van der Waals surface area contributed by atoms with Crippen LogP contribution < -0.4 is 5.32 Å². The fraction of sp³-hybridized carbons (Fsp3) is 0.333. The van der Waals surface area contributed by atoms with Gasteiger partial charge in [0.1, 0.15) is 0 Å². The molecule has 0 spiro atoms. The first kappa shape index (κ1) is 14.3. The Morgan fingerprint density at radius 1 is 1.43 bits per heavy atom. The molecule has 0 saturated carbocycles. The van der Waals surface area contributed by atoms with Gasteiger partial charge in [-0.05, 0) is 37.1 Å². The quantitative estimate of drug-likeness (QED) is 0.922. The molecule has 1 amide bonds. The summed E-state index contributed by atoms with van der Waals surface area (Å²) in [6.45, 7) is 1.56. The number of hydrogen-bond donors (Lipinski definition) is 1. The molecule has 0 radical (unpaired) electrons. The van der Waals surface area contributed by atoms with Crippen LogP contribution in [0.5, 0.6) is 0 Å². The molecule has 1 aromatic carbocycles. The van der Waals surface area contributed by atoms with Crippen LogP contribution in [0.25, 0.3) is 0 Å². The van der Waals surface area contributed by atoms with Gasteiger partial charge in [-0.3, -0.25) is 9.48 Å². The summed E-state index contributed by atoms with van der Waals surface area (Å²) in [5, 5.41) is 7.10. The first-order chi connectivity index (χ1) is 10.2. The van der Waals surface area contributed by atoms with Crippen LogP contribution in [0.4, 0.5) is 5.69 Å². The molecule has 1 N–H and O–H groups in total. The lowest BCUT2D eigenvalue weighted by Crippen LogP contribution is -2.15. The van der Waals surface area contributed by atoms with Crippen LogP contribution in [0.3, 0.4) is 0 Å². The van der Waals surface area contributed by atoms with Crippen LogP contribution in [-0.2, 0) is 11.3 Å². The number of anilines is 1. The summed E-state index contributed by atoms with van der Waals surface area (Å²) in [6, 6.07) is 7.23. The van der Waals surface area contributed by atoms with E-state index in [1.165, 1.54) is 0 Å². The fourth-order valence-corrected chi connectivity index (χ4v) is 2.59. The standard InChI is InChI=1S/C15H16BrN3O2/c16-12-5-3-11(4-6-12)15(20)18-13-8-17-19(9-13)10-14-2-1-7-21-14/h3-6,8-9,14H,1-2,7,10H2,(H,18,20). The van der Waals surface area contributed by atoms with E-state index in [0.29, 0.717) is 11.3 Å². The monoisotopic (exact) mass is 349 g/mol. The molecule has 2 aromatic rings. The van der Waals surface area contributed by atoms with Gasteiger partial charge >= 0.3 is 0 Å². The van der Waals surface area contributed by atoms with Crippen molar-refractivity contribution in [1.82, 2.24) is 9.78 Å². The first-order valence-corrected chi connectivity index (χ1v) is 7.71. The summed E-state index contributed by atoms with van der Waals surface area (Å²) in [5.41, 5.74) is 1.31. The lowest BCUT2D eigenvalue weighted by molar-refractivity contribution is 0.0940. The highest BCUT2D eigenvalue weighted by atomic mass is 79.9. The molecule has 5 nitrogen and oxygen atoms in total. The van der Waals surface area contributed by atoms with Gasteiger partial charge in [-0.15, -0.1) is 0 Å². The molecule has 3 rings (SSSR count). The summed E-state index contributed by atoms with van der Waals surface area (Å²) in [4.78, 5) is 12.1. The number of halogens is 1. The van der Waals surface area contributed by atoms with Gasteiger partial charge in [0.25, 0.3) is 5.91 Å². The number of aromatic nitrogens is 2. The number of benzene rings is 1. The van der Waals surface area contributed by atoms with Gasteiger partial charge in [0.15, 0.2) is 0 Å². The molecule has 1 aromatic heterocycles. The van der Waals surface area contributed by atoms with Gasteiger partial charge < -0.3 is 10.1 Å². The Balaban J connectivity index is 1.61. The molecule has 21 heavy (non-hydrogen) atoms. The Labute approximate surface area is 131 Å². The maximum absolute atomic E-state index is 12.1. The third-order valence-electron chi connectivity index (χ3n) is 3.41. The van der Waals surface area contributed by atoms with Crippen molar-refractivity contribution in [2.24, 2.45) is 0 Å². The van der Waals surface area contributed by atoms with Crippen LogP contribution >= 0.6 is 15.9 Å². The molecule has 1 unspecified atom stereocenters. The molecular formula is C15H16BrN3O2. The van der Waals surface area contributed by atoms with E-state index in [0.717, 1.165) is 30.5 Å². The SMILES string of the molecule is O=C(Nc1cnn(CC2CCCO2)c1)c1ccc(Br)cc1. The summed E-state index contributed by atoms with van der Waals surface area (Å²) >= 11 is 3.35. The molecular weight excluding hydrogens is 334 g/mol. The maximum Gasteiger partial charge on any atom is 0.255 e. The van der Waals surface area contributed by atoms with E-state index in [1.807, 2.05) is 23.0 Å². The zero-order valence-corrected chi connectivity index (χ0v) is 13.0. The number of ether oxygens (including phenoxy) is 1. The van der Waals surface area contributed by atoms with Gasteiger partial charge in [-0.1, -0.05) is 15.9 Å². The third-order valence-corrected chi connectivity index (χ3v) is 3.94. The van der Waals surface area contributed by atoms with Gasteiger partial charge in [0.05, 0.1) is 24.5 Å². The van der Waals surface area contributed by atoms with Crippen molar-refractivity contribution in [3.63, 3.8) is 0 Å². The van der Waals surface area contributed by atoms with Crippen LogP contribution in [0.1, 0.15) is 23.2 Å². The van der Waals surface area contributed by atoms with E-state index in [2.05, 4.69) is 26.3 Å². The molecule has 1 fully saturated rings. The van der Waals surface area contributed by atoms with E-state index in [-0.39, 0.29) is 12.0 Å². The second kappa shape index (κ2) is 6.41. The zero-order valence-electron chi connectivity index (χ0n) is 11.5. The fourth-order valence-electron chi connectivity index (χ4n) is 2.33. The van der Waals surface area contributed by atoms with E-state index in [1.54, 1.807) is 18.3 Å². The van der Waals surface area contributed by atoms with Crippen molar-refractivity contribution in [2.75, 3.05) is 11.9 Å². The predicted molar refractivity (Wildman–Crippen MR) is 83.3 cm³/mol. The largest absolute Gasteiger partial charge is 0.376 e. The summed E-state index contributed by atoms with van der Waals surface area (Å²) < 4.78 is 8.34. The topological polar surface area (TPSA) is 56.2 Å². The summed E-state index contributed by atoms with van der Waals surface area (Å²) in [7, 11) is 0. The molecule has 1 aliphatic heterocycles. The molecule has 1 aliphatic rings. The highest BCUT2D eigenvalue weighted by molar-refractivity contribution is 9.10. The highest BCUT2D eigenvalue weighted by Crippen LogP contribution is 2.16. The van der Waals surface area contributed by atoms with E-state index in [9.17, 15) is 4.79 Å². The Morgan fingerprint density at radius 3 is 2.95 bits per heavy atom. The van der Waals surface area contributed by atoms with Crippen LogP contribution in [0.15, 0.2) is 41.1 Å². The third kappa shape index (κ3) is 3.71. The van der Waals surface area contributed by atoms with Crippen molar-refractivity contribution in [3.8, 4) is 0 Å². The minimum atomic E-state index is -0.140. The minimum absolute atomic E-state index is 0.140. The van der Waals surface area contributed by atoms with Gasteiger partial charge in [0, 0.05) is 22.8 Å². The number of amides is 1. The number of nitrogens with zero attached hydrogens (tertiary/aromatic N) is 2. The van der Waals surface area contributed by atoms with Crippen LogP contribution in [0, 0.1) is 0 Å². The molecule has 6 heteroatoms. The molecule has 1 saturated heterocycles. The Morgan fingerprint density at radius 2 is 2.24 bits per heavy atom. The average Bonchev–Trinajstić information content (AvgIpc) is 3.12. The van der Waals surface area contributed by atoms with Gasteiger partial charge in [-0.2, -0.15) is 5.10 Å². The van der Waals surface area contributed by atoms with Crippen molar-refractivity contribution in [3.05, 3.63) is 46.7 Å². The lowest BCUT2D eigenvalue weighted by Gasteiger charge is -2.08. The maximum atomic E-state index is 12.1. The van der Waals surface area contributed by atoms with E-state index in [4.69, 9.17) is 4.74 Å². The van der Waals surface area contributed by atoms with Gasteiger partial charge in [-0.25, -0.2) is 0 Å². The molecule has 0 aliphatic carbocycles. The van der Waals surface area contributed by atoms with Crippen molar-refractivity contribution in [1.29, 1.82) is 0 Å². The number of carbonyl (C=O) groups is 1. The summed E-state index contributed by atoms with van der Waals surface area (Å²) in [5.74, 6) is -0.140. The molecule has 2 heterocycles. The minimum Gasteiger partial charge on any atom is -0.376 e. The molecule has 110 valence electrons. The van der Waals surface area contributed by atoms with Crippen molar-refractivity contribution >= 4 is 27.5 Å². The zero-order chi connectivity index (χ0) is 14.7. The normalized spacial score (nSPS) is 17.9. The Hall–Kier alpha value is -1.66. The number of nitrogens with one attached hydrogen (secondary N) is 1. The second-order valence-electron chi connectivity index (χ2n) is 5.05. The predicted octanol–water partition coefficient (Wildman–Crippen LogP) is 3.08. The number of carbonyl (C=O) groups excluding carboxylic acids is 1. The molecule has 1 atom stereocenters. The lowest BCUT2D eigenvalue weighted by atomic mass is 10.2. The Kier molecular flexibility index (Phi) is 4.36. The first-order valence-electron chi connectivity index (χ1n) is 6.92. The highest BCUT2D eigenvalue weighted by Gasteiger charge is 2.16. The van der Waals surface area contributed by atoms with Crippen molar-refractivity contribution in [2.45, 2.75) is 25.5 Å². The van der Waals surface area contributed by atoms with E-state index < -0.39 is 0 Å². The van der Waals surface area contributed by atoms with Gasteiger partial charge in [0.2, 0.25) is 0 Å². The summed E-state index contributed by atoms with van der Waals surface area (Å²) in [6.07, 6.45) is 5.91. The number of hydrogen-bond acceptors (Lipinski definition) is 3. The second-order valence-corrected chi connectivity index (χ2v) is 5.96. The smallest absolute Gasteiger partial charge is 0.255 e. The van der Waals surface area contributed by atoms with Crippen LogP contribution in [0.2, 0.25) is 0 Å². The molecule has 0 bridgehead atoms.